The maximum Gasteiger partial charge on any atom is 0.0643 e. The minimum absolute atomic E-state index is 0.492. The van der Waals surface area contributed by atoms with Crippen LogP contribution in [0.2, 0.25) is 0 Å². The van der Waals surface area contributed by atoms with Crippen molar-refractivity contribution in [3.63, 3.8) is 0 Å². The summed E-state index contributed by atoms with van der Waals surface area (Å²) in [6.45, 7) is 1.82. The molecule has 0 radical (unpaired) electrons. The molecular weight excluding hydrogens is 198 g/mol. The fourth-order valence-electron chi connectivity index (χ4n) is 3.43. The van der Waals surface area contributed by atoms with E-state index in [4.69, 9.17) is 4.74 Å². The normalized spacial score (nSPS) is 36.1. The summed E-state index contributed by atoms with van der Waals surface area (Å²) in [7, 11) is 0. The average Bonchev–Trinajstić information content (AvgIpc) is 2.82. The van der Waals surface area contributed by atoms with Crippen LogP contribution in [0.25, 0.3) is 0 Å². The standard InChI is InChI=1S/C14H17NO/c1-2-4-12-10(3-1)5-6-14(12)7-13(14)15-11-8-16-9-11/h1-4,11,13,15H,5-9H2. The quantitative estimate of drug-likeness (QED) is 0.809. The van der Waals surface area contributed by atoms with Gasteiger partial charge in [0.05, 0.1) is 19.3 Å². The van der Waals surface area contributed by atoms with E-state index in [-0.39, 0.29) is 0 Å². The minimum Gasteiger partial charge on any atom is -0.378 e. The Morgan fingerprint density at radius 1 is 1.25 bits per heavy atom. The van der Waals surface area contributed by atoms with E-state index in [1.807, 2.05) is 0 Å². The van der Waals surface area contributed by atoms with Gasteiger partial charge in [-0.25, -0.2) is 0 Å². The molecule has 0 amide bonds. The van der Waals surface area contributed by atoms with Gasteiger partial charge in [0.1, 0.15) is 0 Å². The van der Waals surface area contributed by atoms with Crippen molar-refractivity contribution < 1.29 is 4.74 Å². The molecule has 1 spiro atoms. The second-order valence-corrected chi connectivity index (χ2v) is 5.47. The second-order valence-electron chi connectivity index (χ2n) is 5.47. The third-order valence-corrected chi connectivity index (χ3v) is 4.54. The number of nitrogens with one attached hydrogen (secondary N) is 1. The van der Waals surface area contributed by atoms with Crippen LogP contribution in [0.3, 0.4) is 0 Å². The molecule has 2 heteroatoms. The number of fused-ring (bicyclic) bond motifs is 2. The van der Waals surface area contributed by atoms with Crippen molar-refractivity contribution in [2.45, 2.75) is 36.8 Å². The highest BCUT2D eigenvalue weighted by Crippen LogP contribution is 2.56. The van der Waals surface area contributed by atoms with E-state index in [0.717, 1.165) is 13.2 Å². The predicted octanol–water partition coefficient (Wildman–Crippen LogP) is 1.63. The lowest BCUT2D eigenvalue weighted by molar-refractivity contribution is -0.00666. The Morgan fingerprint density at radius 2 is 2.12 bits per heavy atom. The molecule has 1 saturated carbocycles. The molecule has 2 fully saturated rings. The van der Waals surface area contributed by atoms with Crippen molar-refractivity contribution in [2.75, 3.05) is 13.2 Å². The lowest BCUT2D eigenvalue weighted by Gasteiger charge is -2.28. The van der Waals surface area contributed by atoms with E-state index >= 15 is 0 Å². The minimum atomic E-state index is 0.492. The number of rotatable bonds is 2. The molecule has 1 aromatic carbocycles. The highest BCUT2D eigenvalue weighted by molar-refractivity contribution is 5.46. The van der Waals surface area contributed by atoms with Crippen molar-refractivity contribution in [1.82, 2.24) is 5.32 Å². The molecule has 2 nitrogen and oxygen atoms in total. The zero-order chi connectivity index (χ0) is 10.6. The van der Waals surface area contributed by atoms with Crippen molar-refractivity contribution >= 4 is 0 Å². The summed E-state index contributed by atoms with van der Waals surface area (Å²) in [6.07, 6.45) is 3.95. The summed E-state index contributed by atoms with van der Waals surface area (Å²) in [6, 6.07) is 10.3. The fraction of sp³-hybridized carbons (Fsp3) is 0.571. The summed E-state index contributed by atoms with van der Waals surface area (Å²) in [5, 5.41) is 3.74. The SMILES string of the molecule is c1ccc2c(c1)CCC21CC1NC1COC1. The van der Waals surface area contributed by atoms with E-state index in [9.17, 15) is 0 Å². The van der Waals surface area contributed by atoms with Crippen molar-refractivity contribution in [2.24, 2.45) is 0 Å². The predicted molar refractivity (Wildman–Crippen MR) is 62.6 cm³/mol. The maximum atomic E-state index is 5.22. The van der Waals surface area contributed by atoms with E-state index in [1.54, 1.807) is 11.1 Å². The number of hydrogen-bond acceptors (Lipinski definition) is 2. The zero-order valence-electron chi connectivity index (χ0n) is 9.41. The van der Waals surface area contributed by atoms with Gasteiger partial charge >= 0.3 is 0 Å². The van der Waals surface area contributed by atoms with Gasteiger partial charge in [-0.3, -0.25) is 0 Å². The molecule has 1 N–H and O–H groups in total. The summed E-state index contributed by atoms with van der Waals surface area (Å²) in [5.41, 5.74) is 3.69. The van der Waals surface area contributed by atoms with Gasteiger partial charge in [-0.2, -0.15) is 0 Å². The Morgan fingerprint density at radius 3 is 2.94 bits per heavy atom. The van der Waals surface area contributed by atoms with Gasteiger partial charge in [0.15, 0.2) is 0 Å². The van der Waals surface area contributed by atoms with Gasteiger partial charge in [-0.1, -0.05) is 24.3 Å². The monoisotopic (exact) mass is 215 g/mol. The van der Waals surface area contributed by atoms with Crippen molar-refractivity contribution in [3.8, 4) is 0 Å². The van der Waals surface area contributed by atoms with Crippen LogP contribution in [0.1, 0.15) is 24.0 Å². The smallest absolute Gasteiger partial charge is 0.0643 e. The first kappa shape index (κ1) is 9.20. The van der Waals surface area contributed by atoms with E-state index in [1.165, 1.54) is 19.3 Å². The van der Waals surface area contributed by atoms with Crippen LogP contribution in [0.4, 0.5) is 0 Å². The van der Waals surface area contributed by atoms with Crippen LogP contribution in [-0.2, 0) is 16.6 Å². The maximum absolute atomic E-state index is 5.22. The molecule has 3 aliphatic rings. The van der Waals surface area contributed by atoms with Crippen molar-refractivity contribution in [1.29, 1.82) is 0 Å². The van der Waals surface area contributed by atoms with Gasteiger partial charge in [0.2, 0.25) is 0 Å². The average molecular weight is 215 g/mol. The molecule has 16 heavy (non-hydrogen) atoms. The van der Waals surface area contributed by atoms with Gasteiger partial charge in [0.25, 0.3) is 0 Å². The Labute approximate surface area is 96.0 Å². The summed E-state index contributed by atoms with van der Waals surface area (Å²) >= 11 is 0. The first-order chi connectivity index (χ1) is 7.88. The van der Waals surface area contributed by atoms with Crippen LogP contribution in [-0.4, -0.2) is 25.3 Å². The molecule has 2 aliphatic carbocycles. The molecule has 1 saturated heterocycles. The van der Waals surface area contributed by atoms with Crippen LogP contribution in [0.15, 0.2) is 24.3 Å². The number of ether oxygens (including phenoxy) is 1. The summed E-state index contributed by atoms with van der Waals surface area (Å²) in [5.74, 6) is 0. The van der Waals surface area contributed by atoms with E-state index in [2.05, 4.69) is 29.6 Å². The molecular formula is C14H17NO. The summed E-state index contributed by atoms with van der Waals surface area (Å²) in [4.78, 5) is 0. The van der Waals surface area contributed by atoms with Crippen molar-refractivity contribution in [3.05, 3.63) is 35.4 Å². The molecule has 84 valence electrons. The number of hydrogen-bond donors (Lipinski definition) is 1. The van der Waals surface area contributed by atoms with Crippen LogP contribution in [0, 0.1) is 0 Å². The van der Waals surface area contributed by atoms with Gasteiger partial charge in [0, 0.05) is 11.5 Å². The zero-order valence-corrected chi connectivity index (χ0v) is 9.41. The molecule has 1 aromatic rings. The van der Waals surface area contributed by atoms with Crippen LogP contribution >= 0.6 is 0 Å². The van der Waals surface area contributed by atoms with Gasteiger partial charge in [-0.15, -0.1) is 0 Å². The highest BCUT2D eigenvalue weighted by Gasteiger charge is 2.58. The highest BCUT2D eigenvalue weighted by atomic mass is 16.5. The molecule has 0 aromatic heterocycles. The topological polar surface area (TPSA) is 21.3 Å². The number of aryl methyl sites for hydroxylation is 1. The van der Waals surface area contributed by atoms with Gasteiger partial charge in [-0.05, 0) is 30.4 Å². The number of benzene rings is 1. The molecule has 0 bridgehead atoms. The molecule has 2 atom stereocenters. The van der Waals surface area contributed by atoms with Gasteiger partial charge < -0.3 is 10.1 Å². The Balaban J connectivity index is 1.57. The Kier molecular flexibility index (Phi) is 1.77. The molecule has 1 aliphatic heterocycles. The van der Waals surface area contributed by atoms with E-state index in [0.29, 0.717) is 17.5 Å². The molecule has 4 rings (SSSR count). The van der Waals surface area contributed by atoms with Crippen LogP contribution < -0.4 is 5.32 Å². The molecule has 1 heterocycles. The Bertz CT molecular complexity index is 426. The third-order valence-electron chi connectivity index (χ3n) is 4.54. The first-order valence-corrected chi connectivity index (χ1v) is 6.31. The largest absolute Gasteiger partial charge is 0.378 e. The molecule has 2 unspecified atom stereocenters. The first-order valence-electron chi connectivity index (χ1n) is 6.31. The lowest BCUT2D eigenvalue weighted by atomic mass is 9.97. The van der Waals surface area contributed by atoms with Crippen LogP contribution in [0.5, 0.6) is 0 Å². The lowest BCUT2D eigenvalue weighted by Crippen LogP contribution is -2.48. The third kappa shape index (κ3) is 1.14. The van der Waals surface area contributed by atoms with E-state index < -0.39 is 0 Å². The second kappa shape index (κ2) is 3.08. The summed E-state index contributed by atoms with van der Waals surface area (Å²) < 4.78 is 5.22. The Hall–Kier alpha value is -0.860. The fourth-order valence-corrected chi connectivity index (χ4v) is 3.43.